The lowest BCUT2D eigenvalue weighted by molar-refractivity contribution is -0.137. The molecule has 1 fully saturated rings. The van der Waals surface area contributed by atoms with Gasteiger partial charge in [-0.15, -0.1) is 0 Å². The lowest BCUT2D eigenvalue weighted by Crippen LogP contribution is -2.27. The van der Waals surface area contributed by atoms with Gasteiger partial charge in [0.2, 0.25) is 0 Å². The molecule has 0 saturated carbocycles. The van der Waals surface area contributed by atoms with Crippen molar-refractivity contribution in [1.82, 2.24) is 5.01 Å². The highest BCUT2D eigenvalue weighted by Crippen LogP contribution is 2.33. The van der Waals surface area contributed by atoms with Crippen LogP contribution in [0.25, 0.3) is 0 Å². The highest BCUT2D eigenvalue weighted by Gasteiger charge is 2.31. The van der Waals surface area contributed by atoms with Gasteiger partial charge in [0.1, 0.15) is 0 Å². The van der Waals surface area contributed by atoms with Crippen LogP contribution in [0.2, 0.25) is 0 Å². The fourth-order valence-electron chi connectivity index (χ4n) is 2.03. The first kappa shape index (κ1) is 11.4. The van der Waals surface area contributed by atoms with Crippen LogP contribution in [0.5, 0.6) is 0 Å². The molecule has 0 aromatic heterocycles. The predicted octanol–water partition coefficient (Wildman–Crippen LogP) is 2.37. The van der Waals surface area contributed by atoms with E-state index in [9.17, 15) is 13.2 Å². The summed E-state index contributed by atoms with van der Waals surface area (Å²) in [5.41, 5.74) is 0.142. The zero-order valence-electron chi connectivity index (χ0n) is 8.67. The highest BCUT2D eigenvalue weighted by molar-refractivity contribution is 5.29. The second-order valence-corrected chi connectivity index (χ2v) is 4.10. The minimum absolute atomic E-state index is 0.118. The van der Waals surface area contributed by atoms with E-state index in [1.54, 1.807) is 11.1 Å². The number of alkyl halides is 3. The molecule has 0 aliphatic carbocycles. The monoisotopic (exact) mass is 230 g/mol. The number of rotatable bonds is 1. The van der Waals surface area contributed by atoms with E-state index >= 15 is 0 Å². The molecular formula is C11H13F3N2. The maximum absolute atomic E-state index is 12.5. The molecule has 0 bridgehead atoms. The first-order valence-electron chi connectivity index (χ1n) is 5.13. The highest BCUT2D eigenvalue weighted by atomic mass is 19.4. The van der Waals surface area contributed by atoms with Gasteiger partial charge in [-0.25, -0.2) is 5.01 Å². The molecule has 2 N–H and O–H groups in total. The summed E-state index contributed by atoms with van der Waals surface area (Å²) in [6, 6.07) is 5.51. The SMILES string of the molecule is NN1CCC(c2cccc(C(F)(F)F)c2)C1. The Labute approximate surface area is 91.8 Å². The van der Waals surface area contributed by atoms with Crippen molar-refractivity contribution >= 4 is 0 Å². The number of nitrogens with zero attached hydrogens (tertiary/aromatic N) is 1. The minimum Gasteiger partial charge on any atom is -0.269 e. The van der Waals surface area contributed by atoms with Crippen molar-refractivity contribution in [3.63, 3.8) is 0 Å². The van der Waals surface area contributed by atoms with Crippen LogP contribution in [-0.2, 0) is 6.18 Å². The van der Waals surface area contributed by atoms with E-state index in [1.165, 1.54) is 12.1 Å². The van der Waals surface area contributed by atoms with Gasteiger partial charge in [0, 0.05) is 13.1 Å². The van der Waals surface area contributed by atoms with Gasteiger partial charge in [0.25, 0.3) is 0 Å². The molecule has 1 saturated heterocycles. The Hall–Kier alpha value is -1.07. The summed E-state index contributed by atoms with van der Waals surface area (Å²) in [6.07, 6.45) is -3.45. The Morgan fingerprint density at radius 1 is 1.31 bits per heavy atom. The molecule has 16 heavy (non-hydrogen) atoms. The van der Waals surface area contributed by atoms with Crippen molar-refractivity contribution in [1.29, 1.82) is 0 Å². The molecule has 0 spiro atoms. The van der Waals surface area contributed by atoms with E-state index in [4.69, 9.17) is 5.84 Å². The average Bonchev–Trinajstić information content (AvgIpc) is 2.64. The zero-order valence-corrected chi connectivity index (χ0v) is 8.67. The molecule has 2 nitrogen and oxygen atoms in total. The van der Waals surface area contributed by atoms with Crippen LogP contribution < -0.4 is 5.84 Å². The number of hydrogen-bond donors (Lipinski definition) is 1. The Balaban J connectivity index is 2.23. The second-order valence-electron chi connectivity index (χ2n) is 4.10. The molecular weight excluding hydrogens is 217 g/mol. The Bertz CT molecular complexity index is 376. The second kappa shape index (κ2) is 4.07. The first-order valence-corrected chi connectivity index (χ1v) is 5.13. The maximum Gasteiger partial charge on any atom is 0.416 e. The summed E-state index contributed by atoms with van der Waals surface area (Å²) in [5, 5.41) is 1.64. The molecule has 5 heteroatoms. The smallest absolute Gasteiger partial charge is 0.269 e. The molecule has 1 atom stereocenters. The maximum atomic E-state index is 12.5. The van der Waals surface area contributed by atoms with Gasteiger partial charge in [-0.2, -0.15) is 13.2 Å². The van der Waals surface area contributed by atoms with Crippen molar-refractivity contribution in [2.45, 2.75) is 18.5 Å². The van der Waals surface area contributed by atoms with Crippen molar-refractivity contribution in [3.05, 3.63) is 35.4 Å². The fourth-order valence-corrected chi connectivity index (χ4v) is 2.03. The number of benzene rings is 1. The predicted molar refractivity (Wildman–Crippen MR) is 54.6 cm³/mol. The molecule has 1 aliphatic heterocycles. The summed E-state index contributed by atoms with van der Waals surface area (Å²) in [4.78, 5) is 0. The number of hydrazine groups is 1. The van der Waals surface area contributed by atoms with E-state index in [0.29, 0.717) is 6.54 Å². The van der Waals surface area contributed by atoms with Crippen molar-refractivity contribution in [2.24, 2.45) is 5.84 Å². The fraction of sp³-hybridized carbons (Fsp3) is 0.455. The summed E-state index contributed by atoms with van der Waals surface area (Å²) >= 11 is 0. The topological polar surface area (TPSA) is 29.3 Å². The third-order valence-electron chi connectivity index (χ3n) is 2.91. The van der Waals surface area contributed by atoms with Crippen LogP contribution in [0.15, 0.2) is 24.3 Å². The number of nitrogens with two attached hydrogens (primary N) is 1. The Morgan fingerprint density at radius 3 is 2.62 bits per heavy atom. The Morgan fingerprint density at radius 2 is 2.06 bits per heavy atom. The molecule has 1 aromatic rings. The number of halogens is 3. The van der Waals surface area contributed by atoms with Crippen molar-refractivity contribution < 1.29 is 13.2 Å². The van der Waals surface area contributed by atoms with E-state index in [0.717, 1.165) is 24.6 Å². The normalized spacial score (nSPS) is 22.6. The minimum atomic E-state index is -4.27. The summed E-state index contributed by atoms with van der Waals surface area (Å²) in [7, 11) is 0. The molecule has 2 rings (SSSR count). The molecule has 1 unspecified atom stereocenters. The summed E-state index contributed by atoms with van der Waals surface area (Å²) in [6.45, 7) is 1.36. The van der Waals surface area contributed by atoms with E-state index in [2.05, 4.69) is 0 Å². The van der Waals surface area contributed by atoms with Crippen LogP contribution in [0, 0.1) is 0 Å². The van der Waals surface area contributed by atoms with Crippen molar-refractivity contribution in [2.75, 3.05) is 13.1 Å². The van der Waals surface area contributed by atoms with E-state index < -0.39 is 11.7 Å². The van der Waals surface area contributed by atoms with Gasteiger partial charge in [0.05, 0.1) is 5.56 Å². The van der Waals surface area contributed by atoms with Gasteiger partial charge in [0.15, 0.2) is 0 Å². The van der Waals surface area contributed by atoms with E-state index in [-0.39, 0.29) is 5.92 Å². The standard InChI is InChI=1S/C11H13F3N2/c12-11(13,14)10-3-1-2-8(6-10)9-4-5-16(15)7-9/h1-3,6,9H,4-5,7,15H2. The van der Waals surface area contributed by atoms with Crippen LogP contribution in [0.4, 0.5) is 13.2 Å². The van der Waals surface area contributed by atoms with Gasteiger partial charge < -0.3 is 0 Å². The van der Waals surface area contributed by atoms with Gasteiger partial charge >= 0.3 is 6.18 Å². The lowest BCUT2D eigenvalue weighted by Gasteiger charge is -2.13. The molecule has 1 heterocycles. The zero-order chi connectivity index (χ0) is 11.8. The lowest BCUT2D eigenvalue weighted by atomic mass is 9.96. The van der Waals surface area contributed by atoms with Crippen LogP contribution in [0.3, 0.4) is 0 Å². The molecule has 88 valence electrons. The molecule has 1 aromatic carbocycles. The van der Waals surface area contributed by atoms with Crippen LogP contribution >= 0.6 is 0 Å². The van der Waals surface area contributed by atoms with Crippen LogP contribution in [0.1, 0.15) is 23.5 Å². The molecule has 0 radical (unpaired) electrons. The van der Waals surface area contributed by atoms with Crippen molar-refractivity contribution in [3.8, 4) is 0 Å². The third kappa shape index (κ3) is 2.36. The number of hydrogen-bond acceptors (Lipinski definition) is 2. The average molecular weight is 230 g/mol. The van der Waals surface area contributed by atoms with Gasteiger partial charge in [-0.05, 0) is 24.0 Å². The molecule has 1 aliphatic rings. The third-order valence-corrected chi connectivity index (χ3v) is 2.91. The van der Waals surface area contributed by atoms with E-state index in [1.807, 2.05) is 0 Å². The molecule has 0 amide bonds. The van der Waals surface area contributed by atoms with Gasteiger partial charge in [-0.1, -0.05) is 18.2 Å². The largest absolute Gasteiger partial charge is 0.416 e. The van der Waals surface area contributed by atoms with Crippen LogP contribution in [-0.4, -0.2) is 18.1 Å². The first-order chi connectivity index (χ1) is 7.47. The van der Waals surface area contributed by atoms with Gasteiger partial charge in [-0.3, -0.25) is 5.84 Å². The quantitative estimate of drug-likeness (QED) is 0.750. The summed E-state index contributed by atoms with van der Waals surface area (Å²) in [5.74, 6) is 5.72. The Kier molecular flexibility index (Phi) is 2.90. The summed E-state index contributed by atoms with van der Waals surface area (Å²) < 4.78 is 37.5.